The molecule has 1 N–H and O–H groups in total. The van der Waals surface area contributed by atoms with Gasteiger partial charge in [-0.15, -0.1) is 0 Å². The molecule has 2 nitrogen and oxygen atoms in total. The van der Waals surface area contributed by atoms with Crippen LogP contribution in [-0.2, 0) is 0 Å². The average Bonchev–Trinajstić information content (AvgIpc) is 2.33. The summed E-state index contributed by atoms with van der Waals surface area (Å²) in [7, 11) is 1.69. The maximum atomic E-state index is 5.34. The molecule has 0 aliphatic heterocycles. The van der Waals surface area contributed by atoms with Crippen molar-refractivity contribution in [2.45, 2.75) is 38.6 Å². The van der Waals surface area contributed by atoms with E-state index in [-0.39, 0.29) is 0 Å². The SMILES string of the molecule is COc1cc(NC2CCCC(C)C2)c(Br)cc1Br. The van der Waals surface area contributed by atoms with Crippen molar-refractivity contribution in [3.05, 3.63) is 21.1 Å². The summed E-state index contributed by atoms with van der Waals surface area (Å²) in [5.41, 5.74) is 1.12. The Balaban J connectivity index is 2.13. The molecule has 0 heterocycles. The van der Waals surface area contributed by atoms with E-state index in [1.807, 2.05) is 12.1 Å². The van der Waals surface area contributed by atoms with Crippen LogP contribution in [0.1, 0.15) is 32.6 Å². The Labute approximate surface area is 126 Å². The van der Waals surface area contributed by atoms with E-state index < -0.39 is 0 Å². The normalized spacial score (nSPS) is 23.8. The summed E-state index contributed by atoms with van der Waals surface area (Å²) in [6.07, 6.45) is 5.20. The number of rotatable bonds is 3. The quantitative estimate of drug-likeness (QED) is 0.781. The second-order valence-corrected chi connectivity index (χ2v) is 6.79. The van der Waals surface area contributed by atoms with Gasteiger partial charge in [-0.3, -0.25) is 0 Å². The highest BCUT2D eigenvalue weighted by atomic mass is 79.9. The van der Waals surface area contributed by atoms with E-state index in [1.54, 1.807) is 7.11 Å². The van der Waals surface area contributed by atoms with Crippen LogP contribution in [0.5, 0.6) is 5.75 Å². The average molecular weight is 377 g/mol. The lowest BCUT2D eigenvalue weighted by molar-refractivity contribution is 0.358. The van der Waals surface area contributed by atoms with Crippen LogP contribution in [0, 0.1) is 5.92 Å². The smallest absolute Gasteiger partial charge is 0.135 e. The van der Waals surface area contributed by atoms with Gasteiger partial charge in [0.15, 0.2) is 0 Å². The van der Waals surface area contributed by atoms with E-state index in [0.717, 1.165) is 26.3 Å². The topological polar surface area (TPSA) is 21.3 Å². The van der Waals surface area contributed by atoms with Gasteiger partial charge >= 0.3 is 0 Å². The van der Waals surface area contributed by atoms with Crippen molar-refractivity contribution < 1.29 is 4.74 Å². The molecule has 1 aliphatic rings. The van der Waals surface area contributed by atoms with E-state index in [2.05, 4.69) is 44.1 Å². The van der Waals surface area contributed by atoms with Gasteiger partial charge < -0.3 is 10.1 Å². The molecule has 0 bridgehead atoms. The highest BCUT2D eigenvalue weighted by Crippen LogP contribution is 2.36. The summed E-state index contributed by atoms with van der Waals surface area (Å²) in [5, 5.41) is 3.63. The van der Waals surface area contributed by atoms with Gasteiger partial charge in [0, 0.05) is 16.6 Å². The van der Waals surface area contributed by atoms with Gasteiger partial charge in [-0.05, 0) is 56.7 Å². The zero-order chi connectivity index (χ0) is 13.1. The van der Waals surface area contributed by atoms with Gasteiger partial charge in [0.25, 0.3) is 0 Å². The van der Waals surface area contributed by atoms with Crippen molar-refractivity contribution in [3.63, 3.8) is 0 Å². The molecule has 1 fully saturated rings. The first-order chi connectivity index (χ1) is 8.60. The van der Waals surface area contributed by atoms with Crippen LogP contribution in [-0.4, -0.2) is 13.2 Å². The molecule has 0 saturated heterocycles. The minimum Gasteiger partial charge on any atom is -0.495 e. The summed E-state index contributed by atoms with van der Waals surface area (Å²) in [6, 6.07) is 4.66. The summed E-state index contributed by atoms with van der Waals surface area (Å²) in [6.45, 7) is 2.34. The standard InChI is InChI=1S/C14H19Br2NO/c1-9-4-3-5-10(6-9)17-13-8-14(18-2)12(16)7-11(13)15/h7-10,17H,3-6H2,1-2H3. The monoisotopic (exact) mass is 375 g/mol. The molecule has 1 saturated carbocycles. The number of benzene rings is 1. The molecule has 100 valence electrons. The molecule has 1 aromatic carbocycles. The van der Waals surface area contributed by atoms with Gasteiger partial charge in [-0.2, -0.15) is 0 Å². The molecular weight excluding hydrogens is 358 g/mol. The number of methoxy groups -OCH3 is 1. The fraction of sp³-hybridized carbons (Fsp3) is 0.571. The minimum atomic E-state index is 0.580. The van der Waals surface area contributed by atoms with Crippen LogP contribution < -0.4 is 10.1 Å². The molecule has 2 atom stereocenters. The number of hydrogen-bond donors (Lipinski definition) is 1. The Morgan fingerprint density at radius 2 is 2.00 bits per heavy atom. The lowest BCUT2D eigenvalue weighted by Crippen LogP contribution is -2.26. The second kappa shape index (κ2) is 6.29. The Morgan fingerprint density at radius 1 is 1.22 bits per heavy atom. The maximum Gasteiger partial charge on any atom is 0.135 e. The Bertz CT molecular complexity index is 423. The maximum absolute atomic E-state index is 5.34. The molecule has 1 aromatic rings. The second-order valence-electron chi connectivity index (χ2n) is 5.08. The van der Waals surface area contributed by atoms with Gasteiger partial charge in [-0.25, -0.2) is 0 Å². The summed E-state index contributed by atoms with van der Waals surface area (Å²) < 4.78 is 7.39. The van der Waals surface area contributed by atoms with E-state index >= 15 is 0 Å². The van der Waals surface area contributed by atoms with Crippen LogP contribution in [0.2, 0.25) is 0 Å². The number of ether oxygens (including phenoxy) is 1. The molecule has 4 heteroatoms. The molecule has 2 rings (SSSR count). The Morgan fingerprint density at radius 3 is 2.67 bits per heavy atom. The summed E-state index contributed by atoms with van der Waals surface area (Å²) in [4.78, 5) is 0. The third kappa shape index (κ3) is 3.41. The highest BCUT2D eigenvalue weighted by Gasteiger charge is 2.19. The number of halogens is 2. The predicted molar refractivity (Wildman–Crippen MR) is 83.4 cm³/mol. The first kappa shape index (κ1) is 14.2. The van der Waals surface area contributed by atoms with Crippen LogP contribution in [0.25, 0.3) is 0 Å². The molecule has 0 radical (unpaired) electrons. The fourth-order valence-corrected chi connectivity index (χ4v) is 3.85. The molecule has 1 aliphatic carbocycles. The van der Waals surface area contributed by atoms with Gasteiger partial charge in [0.1, 0.15) is 5.75 Å². The molecule has 0 spiro atoms. The zero-order valence-electron chi connectivity index (χ0n) is 10.8. The third-order valence-corrected chi connectivity index (χ3v) is 4.81. The van der Waals surface area contributed by atoms with Crippen molar-refractivity contribution in [3.8, 4) is 5.75 Å². The van der Waals surface area contributed by atoms with E-state index in [0.29, 0.717) is 6.04 Å². The number of hydrogen-bond acceptors (Lipinski definition) is 2. The third-order valence-electron chi connectivity index (χ3n) is 3.54. The fourth-order valence-electron chi connectivity index (χ4n) is 2.58. The lowest BCUT2D eigenvalue weighted by atomic mass is 9.87. The zero-order valence-corrected chi connectivity index (χ0v) is 14.0. The van der Waals surface area contributed by atoms with Crippen molar-refractivity contribution in [1.29, 1.82) is 0 Å². The van der Waals surface area contributed by atoms with Crippen LogP contribution in [0.15, 0.2) is 21.1 Å². The summed E-state index contributed by atoms with van der Waals surface area (Å²) >= 11 is 7.10. The van der Waals surface area contributed by atoms with Crippen molar-refractivity contribution in [2.75, 3.05) is 12.4 Å². The van der Waals surface area contributed by atoms with Gasteiger partial charge in [0.2, 0.25) is 0 Å². The number of anilines is 1. The highest BCUT2D eigenvalue weighted by molar-refractivity contribution is 9.11. The molecule has 18 heavy (non-hydrogen) atoms. The van der Waals surface area contributed by atoms with E-state index in [4.69, 9.17) is 4.74 Å². The molecular formula is C14H19Br2NO. The largest absolute Gasteiger partial charge is 0.495 e. The van der Waals surface area contributed by atoms with Crippen molar-refractivity contribution in [1.82, 2.24) is 0 Å². The number of nitrogens with one attached hydrogen (secondary N) is 1. The Hall–Kier alpha value is -0.220. The molecule has 0 aromatic heterocycles. The Kier molecular flexibility index (Phi) is 4.96. The van der Waals surface area contributed by atoms with Crippen LogP contribution in [0.4, 0.5) is 5.69 Å². The lowest BCUT2D eigenvalue weighted by Gasteiger charge is -2.28. The summed E-state index contributed by atoms with van der Waals surface area (Å²) in [5.74, 6) is 1.69. The van der Waals surface area contributed by atoms with Crippen LogP contribution in [0.3, 0.4) is 0 Å². The molecule has 0 amide bonds. The minimum absolute atomic E-state index is 0.580. The van der Waals surface area contributed by atoms with Crippen molar-refractivity contribution in [2.24, 2.45) is 5.92 Å². The van der Waals surface area contributed by atoms with Gasteiger partial charge in [0.05, 0.1) is 17.3 Å². The van der Waals surface area contributed by atoms with Crippen LogP contribution >= 0.6 is 31.9 Å². The first-order valence-corrected chi connectivity index (χ1v) is 7.98. The molecule has 2 unspecified atom stereocenters. The van der Waals surface area contributed by atoms with Gasteiger partial charge in [-0.1, -0.05) is 19.8 Å². The van der Waals surface area contributed by atoms with Crippen molar-refractivity contribution >= 4 is 37.5 Å². The van der Waals surface area contributed by atoms with E-state index in [9.17, 15) is 0 Å². The van der Waals surface area contributed by atoms with E-state index in [1.165, 1.54) is 25.7 Å². The first-order valence-electron chi connectivity index (χ1n) is 6.39. The predicted octanol–water partition coefficient (Wildman–Crippen LogP) is 5.21.